The second-order valence-corrected chi connectivity index (χ2v) is 10.6. The van der Waals surface area contributed by atoms with Crippen LogP contribution < -0.4 is 9.62 Å². The Hall–Kier alpha value is -2.84. The third-order valence-corrected chi connectivity index (χ3v) is 7.81. The molecule has 0 aliphatic rings. The minimum Gasteiger partial charge on any atom is -0.354 e. The molecule has 0 aliphatic heterocycles. The summed E-state index contributed by atoms with van der Waals surface area (Å²) < 4.78 is 41.6. The van der Waals surface area contributed by atoms with E-state index in [1.165, 1.54) is 30.0 Å². The van der Waals surface area contributed by atoms with Gasteiger partial charge in [-0.15, -0.1) is 0 Å². The number of halogens is 1. The van der Waals surface area contributed by atoms with Gasteiger partial charge in [-0.25, -0.2) is 12.8 Å². The number of carbonyl (C=O) groups is 1. The number of rotatable bonds is 10. The summed E-state index contributed by atoms with van der Waals surface area (Å²) in [5.74, 6) is 0.430. The fourth-order valence-electron chi connectivity index (χ4n) is 3.35. The van der Waals surface area contributed by atoms with E-state index >= 15 is 0 Å². The second-order valence-electron chi connectivity index (χ2n) is 7.61. The highest BCUT2D eigenvalue weighted by atomic mass is 32.2. The molecule has 3 aromatic carbocycles. The van der Waals surface area contributed by atoms with Gasteiger partial charge in [0.1, 0.15) is 12.4 Å². The highest BCUT2D eigenvalue weighted by molar-refractivity contribution is 7.98. The maximum Gasteiger partial charge on any atom is 0.264 e. The predicted octanol–water partition coefficient (Wildman–Crippen LogP) is 4.69. The maximum atomic E-state index is 13.7. The van der Waals surface area contributed by atoms with Crippen LogP contribution in [0.2, 0.25) is 0 Å². The smallest absolute Gasteiger partial charge is 0.264 e. The number of hydrogen-bond acceptors (Lipinski definition) is 4. The Labute approximate surface area is 199 Å². The first-order chi connectivity index (χ1) is 15.8. The SMILES string of the molecule is Cc1ccc(N(CC(=O)NCCSCc2ccccc2F)S(=O)(=O)c2ccccc2)c(C)c1. The fourth-order valence-corrected chi connectivity index (χ4v) is 5.70. The monoisotopic (exact) mass is 486 g/mol. The largest absolute Gasteiger partial charge is 0.354 e. The highest BCUT2D eigenvalue weighted by Crippen LogP contribution is 2.27. The Morgan fingerprint density at radius 1 is 1.00 bits per heavy atom. The Kier molecular flexibility index (Phi) is 8.52. The van der Waals surface area contributed by atoms with Crippen LogP contribution >= 0.6 is 11.8 Å². The Bertz CT molecular complexity index is 1200. The molecule has 33 heavy (non-hydrogen) atoms. The van der Waals surface area contributed by atoms with Crippen LogP contribution in [0.15, 0.2) is 77.7 Å². The zero-order valence-electron chi connectivity index (χ0n) is 18.6. The van der Waals surface area contributed by atoms with Crippen LogP contribution in [0.25, 0.3) is 0 Å². The fraction of sp³-hybridized carbons (Fsp3) is 0.240. The number of carbonyl (C=O) groups excluding carboxylic acids is 1. The Balaban J connectivity index is 1.67. The highest BCUT2D eigenvalue weighted by Gasteiger charge is 2.28. The lowest BCUT2D eigenvalue weighted by atomic mass is 10.1. The average molecular weight is 487 g/mol. The molecule has 0 radical (unpaired) electrons. The van der Waals surface area contributed by atoms with E-state index < -0.39 is 15.9 Å². The molecule has 0 unspecified atom stereocenters. The molecule has 0 atom stereocenters. The van der Waals surface area contributed by atoms with Crippen molar-refractivity contribution in [2.75, 3.05) is 23.1 Å². The van der Waals surface area contributed by atoms with Gasteiger partial charge >= 0.3 is 0 Å². The van der Waals surface area contributed by atoms with Crippen molar-refractivity contribution in [3.05, 3.63) is 95.3 Å². The van der Waals surface area contributed by atoms with Crippen molar-refractivity contribution in [3.8, 4) is 0 Å². The molecular formula is C25H27FN2O3S2. The predicted molar refractivity (Wildman–Crippen MR) is 132 cm³/mol. The third kappa shape index (κ3) is 6.58. The first-order valence-corrected chi connectivity index (χ1v) is 13.1. The first kappa shape index (κ1) is 24.8. The number of hydrogen-bond donors (Lipinski definition) is 1. The van der Waals surface area contributed by atoms with E-state index in [1.807, 2.05) is 26.0 Å². The zero-order chi connectivity index (χ0) is 23.8. The van der Waals surface area contributed by atoms with Gasteiger partial charge in [0.25, 0.3) is 10.0 Å². The van der Waals surface area contributed by atoms with E-state index in [0.717, 1.165) is 15.4 Å². The molecule has 0 fully saturated rings. The van der Waals surface area contributed by atoms with Crippen molar-refractivity contribution in [2.45, 2.75) is 24.5 Å². The standard InChI is InChI=1S/C25H27FN2O3S2/c1-19-12-13-24(20(2)16-19)28(33(30,31)22-9-4-3-5-10-22)17-25(29)27-14-15-32-18-21-8-6-7-11-23(21)26/h3-13,16H,14-15,17-18H2,1-2H3,(H,27,29). The summed E-state index contributed by atoms with van der Waals surface area (Å²) in [6, 6.07) is 20.1. The summed E-state index contributed by atoms with van der Waals surface area (Å²) in [6.45, 7) is 3.77. The van der Waals surface area contributed by atoms with Gasteiger partial charge in [-0.2, -0.15) is 11.8 Å². The van der Waals surface area contributed by atoms with E-state index in [0.29, 0.717) is 29.3 Å². The molecule has 1 N–H and O–H groups in total. The lowest BCUT2D eigenvalue weighted by Gasteiger charge is -2.26. The lowest BCUT2D eigenvalue weighted by Crippen LogP contribution is -2.41. The summed E-state index contributed by atoms with van der Waals surface area (Å²) in [4.78, 5) is 12.8. The van der Waals surface area contributed by atoms with Gasteiger partial charge in [0, 0.05) is 18.1 Å². The summed E-state index contributed by atoms with van der Waals surface area (Å²) >= 11 is 1.50. The molecule has 0 bridgehead atoms. The van der Waals surface area contributed by atoms with Gasteiger partial charge in [-0.3, -0.25) is 9.10 Å². The minimum atomic E-state index is -3.93. The van der Waals surface area contributed by atoms with Crippen molar-refractivity contribution >= 4 is 33.4 Å². The molecular weight excluding hydrogens is 459 g/mol. The molecule has 3 rings (SSSR count). The lowest BCUT2D eigenvalue weighted by molar-refractivity contribution is -0.119. The van der Waals surface area contributed by atoms with Crippen molar-refractivity contribution in [1.82, 2.24) is 5.32 Å². The Morgan fingerprint density at radius 3 is 2.39 bits per heavy atom. The summed E-state index contributed by atoms with van der Waals surface area (Å²) in [6.07, 6.45) is 0. The van der Waals surface area contributed by atoms with Gasteiger partial charge in [0.05, 0.1) is 10.6 Å². The molecule has 0 heterocycles. The van der Waals surface area contributed by atoms with E-state index in [1.54, 1.807) is 42.5 Å². The summed E-state index contributed by atoms with van der Waals surface area (Å²) in [5.41, 5.74) is 2.85. The van der Waals surface area contributed by atoms with Crippen LogP contribution in [0.4, 0.5) is 10.1 Å². The molecule has 0 spiro atoms. The summed E-state index contributed by atoms with van der Waals surface area (Å²) in [5, 5.41) is 2.78. The number of anilines is 1. The van der Waals surface area contributed by atoms with Gasteiger partial charge in [0.2, 0.25) is 5.91 Å². The van der Waals surface area contributed by atoms with Crippen molar-refractivity contribution in [3.63, 3.8) is 0 Å². The van der Waals surface area contributed by atoms with Gasteiger partial charge in [-0.1, -0.05) is 54.1 Å². The van der Waals surface area contributed by atoms with Gasteiger partial charge in [0.15, 0.2) is 0 Å². The molecule has 0 aromatic heterocycles. The van der Waals surface area contributed by atoms with E-state index in [-0.39, 0.29) is 17.3 Å². The first-order valence-electron chi connectivity index (χ1n) is 10.5. The molecule has 5 nitrogen and oxygen atoms in total. The normalized spacial score (nSPS) is 11.2. The molecule has 174 valence electrons. The average Bonchev–Trinajstić information content (AvgIpc) is 2.79. The number of benzene rings is 3. The van der Waals surface area contributed by atoms with Crippen LogP contribution in [0, 0.1) is 19.7 Å². The number of amides is 1. The molecule has 8 heteroatoms. The molecule has 0 saturated heterocycles. The minimum absolute atomic E-state index is 0.123. The maximum absolute atomic E-state index is 13.7. The number of thioether (sulfide) groups is 1. The van der Waals surface area contributed by atoms with Gasteiger partial charge in [-0.05, 0) is 49.2 Å². The summed E-state index contributed by atoms with van der Waals surface area (Å²) in [7, 11) is -3.93. The zero-order valence-corrected chi connectivity index (χ0v) is 20.3. The van der Waals surface area contributed by atoms with Crippen LogP contribution in [-0.4, -0.2) is 33.2 Å². The van der Waals surface area contributed by atoms with Crippen molar-refractivity contribution in [1.29, 1.82) is 0 Å². The van der Waals surface area contributed by atoms with Crippen LogP contribution in [-0.2, 0) is 20.6 Å². The third-order valence-electron chi connectivity index (χ3n) is 5.02. The van der Waals surface area contributed by atoms with E-state index in [4.69, 9.17) is 0 Å². The number of aryl methyl sites for hydroxylation is 2. The molecule has 0 aliphatic carbocycles. The van der Waals surface area contributed by atoms with Gasteiger partial charge < -0.3 is 5.32 Å². The topological polar surface area (TPSA) is 66.5 Å². The second kappa shape index (κ2) is 11.3. The molecule has 0 saturated carbocycles. The van der Waals surface area contributed by atoms with Crippen LogP contribution in [0.3, 0.4) is 0 Å². The molecule has 3 aromatic rings. The van der Waals surface area contributed by atoms with Crippen molar-refractivity contribution < 1.29 is 17.6 Å². The quantitative estimate of drug-likeness (QED) is 0.423. The van der Waals surface area contributed by atoms with Crippen LogP contribution in [0.1, 0.15) is 16.7 Å². The number of nitrogens with zero attached hydrogens (tertiary/aromatic N) is 1. The number of nitrogens with one attached hydrogen (secondary N) is 1. The Morgan fingerprint density at radius 2 is 1.70 bits per heavy atom. The van der Waals surface area contributed by atoms with E-state index in [2.05, 4.69) is 5.32 Å². The van der Waals surface area contributed by atoms with Crippen LogP contribution in [0.5, 0.6) is 0 Å². The molecule has 1 amide bonds. The number of sulfonamides is 1. The van der Waals surface area contributed by atoms with Crippen molar-refractivity contribution in [2.24, 2.45) is 0 Å². The van der Waals surface area contributed by atoms with E-state index in [9.17, 15) is 17.6 Å².